The molecule has 2 aromatic rings. The summed E-state index contributed by atoms with van der Waals surface area (Å²) in [5, 5.41) is 11.9. The van der Waals surface area contributed by atoms with Crippen LogP contribution >= 0.6 is 0 Å². The fraction of sp³-hybridized carbons (Fsp3) is 0.263. The smallest absolute Gasteiger partial charge is 0.306 e. The van der Waals surface area contributed by atoms with Crippen molar-refractivity contribution in [1.82, 2.24) is 5.32 Å². The highest BCUT2D eigenvalue weighted by molar-refractivity contribution is 5.95. The number of hydrogen-bond acceptors (Lipinski definition) is 2. The number of hydrogen-bond donors (Lipinski definition) is 2. The van der Waals surface area contributed by atoms with Crippen LogP contribution < -0.4 is 5.32 Å². The van der Waals surface area contributed by atoms with Gasteiger partial charge in [0.05, 0.1) is 5.92 Å². The molecule has 3 rings (SSSR count). The molecule has 0 spiro atoms. The van der Waals surface area contributed by atoms with Crippen LogP contribution in [-0.4, -0.2) is 23.0 Å². The summed E-state index contributed by atoms with van der Waals surface area (Å²) in [7, 11) is 0. The van der Waals surface area contributed by atoms with Gasteiger partial charge in [0.2, 0.25) is 0 Å². The van der Waals surface area contributed by atoms with Crippen molar-refractivity contribution in [1.29, 1.82) is 0 Å². The van der Waals surface area contributed by atoms with E-state index in [4.69, 9.17) is 5.11 Å². The quantitative estimate of drug-likeness (QED) is 0.910. The van der Waals surface area contributed by atoms with Crippen molar-refractivity contribution in [3.8, 4) is 11.1 Å². The van der Waals surface area contributed by atoms with E-state index in [-0.39, 0.29) is 17.9 Å². The number of carbonyl (C=O) groups is 2. The standard InChI is InChI=1S/C19H19NO3/c21-18(20-17-11-10-16(12-17)19(22)23)15-8-6-14(7-9-15)13-4-2-1-3-5-13/h1-9,16-17H,10-12H2,(H,20,21)(H,22,23)/t16-,17+/m0/s1. The molecule has 2 N–H and O–H groups in total. The fourth-order valence-corrected chi connectivity index (χ4v) is 3.05. The van der Waals surface area contributed by atoms with Crippen LogP contribution in [-0.2, 0) is 4.79 Å². The van der Waals surface area contributed by atoms with Gasteiger partial charge < -0.3 is 10.4 Å². The van der Waals surface area contributed by atoms with Crippen LogP contribution in [0.2, 0.25) is 0 Å². The first-order valence-electron chi connectivity index (χ1n) is 7.82. The summed E-state index contributed by atoms with van der Waals surface area (Å²) in [5.41, 5.74) is 2.77. The number of carbonyl (C=O) groups excluding carboxylic acids is 1. The maximum atomic E-state index is 12.3. The normalized spacial score (nSPS) is 20.2. The second-order valence-corrected chi connectivity index (χ2v) is 5.96. The van der Waals surface area contributed by atoms with Crippen LogP contribution in [0.1, 0.15) is 29.6 Å². The van der Waals surface area contributed by atoms with Gasteiger partial charge in [-0.1, -0.05) is 42.5 Å². The van der Waals surface area contributed by atoms with Crippen LogP contribution in [0.25, 0.3) is 11.1 Å². The predicted octanol–water partition coefficient (Wildman–Crippen LogP) is 3.34. The van der Waals surface area contributed by atoms with Crippen LogP contribution in [0.4, 0.5) is 0 Å². The number of carboxylic acid groups (broad SMARTS) is 1. The molecule has 1 fully saturated rings. The molecule has 0 saturated heterocycles. The van der Waals surface area contributed by atoms with Crippen molar-refractivity contribution in [2.75, 3.05) is 0 Å². The second kappa shape index (κ2) is 6.65. The zero-order valence-corrected chi connectivity index (χ0v) is 12.7. The van der Waals surface area contributed by atoms with Crippen LogP contribution in [0.3, 0.4) is 0 Å². The summed E-state index contributed by atoms with van der Waals surface area (Å²) in [5.74, 6) is -1.24. The van der Waals surface area contributed by atoms with E-state index in [0.717, 1.165) is 17.5 Å². The van der Waals surface area contributed by atoms with Gasteiger partial charge in [0.1, 0.15) is 0 Å². The van der Waals surface area contributed by atoms with E-state index in [1.54, 1.807) is 12.1 Å². The lowest BCUT2D eigenvalue weighted by Crippen LogP contribution is -2.33. The molecular formula is C19H19NO3. The molecule has 2 atom stereocenters. The van der Waals surface area contributed by atoms with Gasteiger partial charge in [0.15, 0.2) is 0 Å². The summed E-state index contributed by atoms with van der Waals surface area (Å²) in [4.78, 5) is 23.2. The largest absolute Gasteiger partial charge is 0.481 e. The molecule has 0 aliphatic heterocycles. The Bertz CT molecular complexity index is 694. The molecular weight excluding hydrogens is 290 g/mol. The first-order valence-corrected chi connectivity index (χ1v) is 7.82. The zero-order chi connectivity index (χ0) is 16.2. The summed E-state index contributed by atoms with van der Waals surface area (Å²) >= 11 is 0. The average Bonchev–Trinajstić information content (AvgIpc) is 3.04. The van der Waals surface area contributed by atoms with Gasteiger partial charge in [-0.2, -0.15) is 0 Å². The zero-order valence-electron chi connectivity index (χ0n) is 12.7. The molecule has 0 unspecified atom stereocenters. The summed E-state index contributed by atoms with van der Waals surface area (Å²) in [6.45, 7) is 0. The molecule has 2 aromatic carbocycles. The summed E-state index contributed by atoms with van der Waals surface area (Å²) in [6, 6.07) is 17.4. The first-order chi connectivity index (χ1) is 11.1. The third-order valence-corrected chi connectivity index (χ3v) is 4.37. The average molecular weight is 309 g/mol. The maximum Gasteiger partial charge on any atom is 0.306 e. The lowest BCUT2D eigenvalue weighted by molar-refractivity contribution is -0.141. The molecule has 0 bridgehead atoms. The number of carboxylic acids is 1. The molecule has 4 heteroatoms. The van der Waals surface area contributed by atoms with Crippen molar-refractivity contribution in [2.45, 2.75) is 25.3 Å². The highest BCUT2D eigenvalue weighted by atomic mass is 16.4. The first kappa shape index (κ1) is 15.3. The number of rotatable bonds is 4. The number of aliphatic carboxylic acids is 1. The van der Waals surface area contributed by atoms with E-state index in [1.165, 1.54) is 0 Å². The lowest BCUT2D eigenvalue weighted by atomic mass is 10.0. The van der Waals surface area contributed by atoms with Crippen LogP contribution in [0.5, 0.6) is 0 Å². The SMILES string of the molecule is O=C(N[C@@H]1CC[C@H](C(=O)O)C1)c1ccc(-c2ccccc2)cc1. The highest BCUT2D eigenvalue weighted by Crippen LogP contribution is 2.26. The Balaban J connectivity index is 1.63. The van der Waals surface area contributed by atoms with E-state index < -0.39 is 5.97 Å². The maximum absolute atomic E-state index is 12.3. The molecule has 118 valence electrons. The van der Waals surface area contributed by atoms with Crippen molar-refractivity contribution < 1.29 is 14.7 Å². The van der Waals surface area contributed by atoms with E-state index >= 15 is 0 Å². The Kier molecular flexibility index (Phi) is 4.42. The van der Waals surface area contributed by atoms with Crippen molar-refractivity contribution >= 4 is 11.9 Å². The number of amides is 1. The molecule has 0 heterocycles. The molecule has 23 heavy (non-hydrogen) atoms. The van der Waals surface area contributed by atoms with Gasteiger partial charge in [-0.25, -0.2) is 0 Å². The molecule has 4 nitrogen and oxygen atoms in total. The van der Waals surface area contributed by atoms with E-state index in [9.17, 15) is 9.59 Å². The van der Waals surface area contributed by atoms with E-state index in [1.807, 2.05) is 42.5 Å². The van der Waals surface area contributed by atoms with Gasteiger partial charge in [-0.05, 0) is 42.5 Å². The van der Waals surface area contributed by atoms with Crippen molar-refractivity contribution in [3.05, 3.63) is 60.2 Å². The van der Waals surface area contributed by atoms with Crippen LogP contribution in [0, 0.1) is 5.92 Å². The minimum Gasteiger partial charge on any atom is -0.481 e. The topological polar surface area (TPSA) is 66.4 Å². The van der Waals surface area contributed by atoms with Gasteiger partial charge >= 0.3 is 5.97 Å². The van der Waals surface area contributed by atoms with Crippen molar-refractivity contribution in [2.24, 2.45) is 5.92 Å². The predicted molar refractivity (Wildman–Crippen MR) is 88.1 cm³/mol. The molecule has 1 aliphatic rings. The van der Waals surface area contributed by atoms with E-state index in [2.05, 4.69) is 5.32 Å². The Hall–Kier alpha value is -2.62. The van der Waals surface area contributed by atoms with E-state index in [0.29, 0.717) is 18.4 Å². The van der Waals surface area contributed by atoms with Gasteiger partial charge in [0, 0.05) is 11.6 Å². The minimum absolute atomic E-state index is 0.0441. The fourth-order valence-electron chi connectivity index (χ4n) is 3.05. The molecule has 1 aliphatic carbocycles. The van der Waals surface area contributed by atoms with Gasteiger partial charge in [0.25, 0.3) is 5.91 Å². The number of nitrogens with one attached hydrogen (secondary N) is 1. The minimum atomic E-state index is -0.769. The third kappa shape index (κ3) is 3.59. The summed E-state index contributed by atoms with van der Waals surface area (Å²) in [6.07, 6.45) is 1.88. The third-order valence-electron chi connectivity index (χ3n) is 4.37. The highest BCUT2D eigenvalue weighted by Gasteiger charge is 2.30. The molecule has 1 saturated carbocycles. The van der Waals surface area contributed by atoms with Gasteiger partial charge in [-0.3, -0.25) is 9.59 Å². The summed E-state index contributed by atoms with van der Waals surface area (Å²) < 4.78 is 0. The molecule has 0 aromatic heterocycles. The second-order valence-electron chi connectivity index (χ2n) is 5.96. The molecule has 1 amide bonds. The Morgan fingerprint density at radius 2 is 1.57 bits per heavy atom. The van der Waals surface area contributed by atoms with Crippen LogP contribution in [0.15, 0.2) is 54.6 Å². The Morgan fingerprint density at radius 1 is 0.913 bits per heavy atom. The van der Waals surface area contributed by atoms with Gasteiger partial charge in [-0.15, -0.1) is 0 Å². The Morgan fingerprint density at radius 3 is 2.17 bits per heavy atom. The Labute approximate surface area is 135 Å². The monoisotopic (exact) mass is 309 g/mol. The number of benzene rings is 2. The van der Waals surface area contributed by atoms with Crippen molar-refractivity contribution in [3.63, 3.8) is 0 Å². The lowest BCUT2D eigenvalue weighted by Gasteiger charge is -2.12. The molecule has 0 radical (unpaired) electrons.